The molecule has 1 saturated heterocycles. The second-order valence-corrected chi connectivity index (χ2v) is 7.01. The van der Waals surface area contributed by atoms with Gasteiger partial charge in [0.25, 0.3) is 0 Å². The fourth-order valence-corrected chi connectivity index (χ4v) is 3.60. The van der Waals surface area contributed by atoms with Crippen molar-refractivity contribution in [3.63, 3.8) is 0 Å². The van der Waals surface area contributed by atoms with Crippen LogP contribution in [0.3, 0.4) is 0 Å². The van der Waals surface area contributed by atoms with Crippen LogP contribution in [0.15, 0.2) is 30.3 Å². The van der Waals surface area contributed by atoms with E-state index in [1.165, 1.54) is 44.3 Å². The summed E-state index contributed by atoms with van der Waals surface area (Å²) in [4.78, 5) is 2.72. The Bertz CT molecular complexity index is 395. The molecule has 1 fully saturated rings. The highest BCUT2D eigenvalue weighted by molar-refractivity contribution is 5.25. The third-order valence-electron chi connectivity index (χ3n) is 4.88. The van der Waals surface area contributed by atoms with E-state index in [9.17, 15) is 0 Å². The smallest absolute Gasteiger partial charge is 0.0153 e. The average molecular weight is 259 g/mol. The Morgan fingerprint density at radius 2 is 1.89 bits per heavy atom. The largest absolute Gasteiger partial charge is 0.297 e. The molecule has 0 spiro atoms. The number of likely N-dealkylation sites (tertiary alicyclic amines) is 1. The molecule has 0 bridgehead atoms. The van der Waals surface area contributed by atoms with E-state index < -0.39 is 0 Å². The summed E-state index contributed by atoms with van der Waals surface area (Å²) in [5.41, 5.74) is 2.17. The molecule has 0 radical (unpaired) electrons. The molecule has 0 aliphatic carbocycles. The number of rotatable bonds is 4. The van der Waals surface area contributed by atoms with Crippen LogP contribution in [0.2, 0.25) is 0 Å². The molecule has 19 heavy (non-hydrogen) atoms. The maximum atomic E-state index is 2.72. The lowest BCUT2D eigenvalue weighted by molar-refractivity contribution is 0.0507. The minimum absolute atomic E-state index is 0.324. The van der Waals surface area contributed by atoms with E-state index in [0.29, 0.717) is 11.0 Å². The van der Waals surface area contributed by atoms with Crippen molar-refractivity contribution < 1.29 is 0 Å². The highest BCUT2D eigenvalue weighted by atomic mass is 15.2. The van der Waals surface area contributed by atoms with Crippen LogP contribution in [0.25, 0.3) is 0 Å². The van der Waals surface area contributed by atoms with Gasteiger partial charge in [0.1, 0.15) is 0 Å². The molecule has 1 nitrogen and oxygen atoms in total. The summed E-state index contributed by atoms with van der Waals surface area (Å²) >= 11 is 0. The number of benzene rings is 1. The fourth-order valence-electron chi connectivity index (χ4n) is 3.60. The lowest BCUT2D eigenvalue weighted by Crippen LogP contribution is -2.53. The second kappa shape index (κ2) is 5.66. The van der Waals surface area contributed by atoms with Crippen LogP contribution in [-0.2, 0) is 5.41 Å². The molecule has 0 N–H and O–H groups in total. The van der Waals surface area contributed by atoms with Gasteiger partial charge >= 0.3 is 0 Å². The Morgan fingerprint density at radius 1 is 1.21 bits per heavy atom. The van der Waals surface area contributed by atoms with E-state index in [2.05, 4.69) is 62.9 Å². The zero-order chi connectivity index (χ0) is 13.9. The summed E-state index contributed by atoms with van der Waals surface area (Å²) in [5, 5.41) is 0. The van der Waals surface area contributed by atoms with Crippen LogP contribution in [0.5, 0.6) is 0 Å². The molecule has 106 valence electrons. The van der Waals surface area contributed by atoms with E-state index in [1.54, 1.807) is 0 Å². The molecule has 1 heterocycles. The molecule has 0 amide bonds. The summed E-state index contributed by atoms with van der Waals surface area (Å²) in [5.74, 6) is 0. The van der Waals surface area contributed by atoms with Crippen molar-refractivity contribution in [1.82, 2.24) is 4.90 Å². The van der Waals surface area contributed by atoms with E-state index >= 15 is 0 Å². The average Bonchev–Trinajstić information content (AvgIpc) is 2.40. The van der Waals surface area contributed by atoms with Crippen molar-refractivity contribution in [3.8, 4) is 0 Å². The predicted octanol–water partition coefficient (Wildman–Crippen LogP) is 4.62. The zero-order valence-electron chi connectivity index (χ0n) is 13.1. The topological polar surface area (TPSA) is 3.24 Å². The maximum absolute atomic E-state index is 2.72. The lowest BCUT2D eigenvalue weighted by atomic mass is 9.74. The highest BCUT2D eigenvalue weighted by Gasteiger charge is 2.37. The first-order valence-electron chi connectivity index (χ1n) is 7.78. The van der Waals surface area contributed by atoms with Gasteiger partial charge in [-0.15, -0.1) is 0 Å². The van der Waals surface area contributed by atoms with Crippen LogP contribution in [-0.4, -0.2) is 23.5 Å². The number of hydrogen-bond acceptors (Lipinski definition) is 1. The van der Waals surface area contributed by atoms with Crippen LogP contribution in [0, 0.1) is 0 Å². The standard InChI is InChI=1S/C18H29N/c1-5-12-17(2,3)19-14-9-13-18(4,15-19)16-10-7-6-8-11-16/h6-8,10-11H,5,9,12-15H2,1-4H3. The summed E-state index contributed by atoms with van der Waals surface area (Å²) in [6, 6.07) is 11.1. The molecule has 0 saturated carbocycles. The molecule has 1 aliphatic rings. The summed E-state index contributed by atoms with van der Waals surface area (Å²) in [6.07, 6.45) is 5.19. The molecule has 1 heteroatoms. The first-order valence-corrected chi connectivity index (χ1v) is 7.78. The van der Waals surface area contributed by atoms with Crippen molar-refractivity contribution in [2.75, 3.05) is 13.1 Å². The Labute approximate surface area is 119 Å². The number of nitrogens with zero attached hydrogens (tertiary/aromatic N) is 1. The number of hydrogen-bond donors (Lipinski definition) is 0. The first kappa shape index (κ1) is 14.6. The van der Waals surface area contributed by atoms with Crippen molar-refractivity contribution >= 4 is 0 Å². The molecular weight excluding hydrogens is 230 g/mol. The van der Waals surface area contributed by atoms with E-state index in [-0.39, 0.29) is 0 Å². The van der Waals surface area contributed by atoms with Crippen LogP contribution < -0.4 is 0 Å². The van der Waals surface area contributed by atoms with Gasteiger partial charge < -0.3 is 0 Å². The SMILES string of the molecule is CCCC(C)(C)N1CCCC(C)(c2ccccc2)C1. The molecular formula is C18H29N. The van der Waals surface area contributed by atoms with Gasteiger partial charge in [-0.1, -0.05) is 50.6 Å². The van der Waals surface area contributed by atoms with Gasteiger partial charge in [0.2, 0.25) is 0 Å². The van der Waals surface area contributed by atoms with Crippen molar-refractivity contribution in [3.05, 3.63) is 35.9 Å². The number of piperidine rings is 1. The van der Waals surface area contributed by atoms with Gasteiger partial charge in [-0.05, 0) is 45.2 Å². The Balaban J connectivity index is 2.17. The molecule has 1 aromatic carbocycles. The normalized spacial score (nSPS) is 25.5. The minimum atomic E-state index is 0.324. The lowest BCUT2D eigenvalue weighted by Gasteiger charge is -2.48. The molecule has 1 unspecified atom stereocenters. The molecule has 0 aromatic heterocycles. The third-order valence-corrected chi connectivity index (χ3v) is 4.88. The van der Waals surface area contributed by atoms with E-state index in [1.807, 2.05) is 0 Å². The van der Waals surface area contributed by atoms with Crippen LogP contribution in [0.1, 0.15) is 58.9 Å². The van der Waals surface area contributed by atoms with Gasteiger partial charge in [-0.2, -0.15) is 0 Å². The molecule has 2 rings (SSSR count). The van der Waals surface area contributed by atoms with Crippen molar-refractivity contribution in [2.45, 2.75) is 64.3 Å². The van der Waals surface area contributed by atoms with Crippen LogP contribution >= 0.6 is 0 Å². The Morgan fingerprint density at radius 3 is 2.53 bits per heavy atom. The first-order chi connectivity index (χ1) is 8.98. The predicted molar refractivity (Wildman–Crippen MR) is 83.6 cm³/mol. The minimum Gasteiger partial charge on any atom is -0.297 e. The highest BCUT2D eigenvalue weighted by Crippen LogP contribution is 2.37. The van der Waals surface area contributed by atoms with Crippen molar-refractivity contribution in [2.24, 2.45) is 0 Å². The summed E-state index contributed by atoms with van der Waals surface area (Å²) in [7, 11) is 0. The van der Waals surface area contributed by atoms with Crippen LogP contribution in [0.4, 0.5) is 0 Å². The quantitative estimate of drug-likeness (QED) is 0.762. The summed E-state index contributed by atoms with van der Waals surface area (Å²) < 4.78 is 0. The van der Waals surface area contributed by atoms with E-state index in [0.717, 1.165) is 0 Å². The Hall–Kier alpha value is -0.820. The molecule has 1 aromatic rings. The van der Waals surface area contributed by atoms with Gasteiger partial charge in [0.15, 0.2) is 0 Å². The van der Waals surface area contributed by atoms with E-state index in [4.69, 9.17) is 0 Å². The van der Waals surface area contributed by atoms with Crippen molar-refractivity contribution in [1.29, 1.82) is 0 Å². The molecule has 1 atom stereocenters. The zero-order valence-corrected chi connectivity index (χ0v) is 13.1. The van der Waals surface area contributed by atoms with Gasteiger partial charge in [-0.25, -0.2) is 0 Å². The fraction of sp³-hybridized carbons (Fsp3) is 0.667. The summed E-state index contributed by atoms with van der Waals surface area (Å²) in [6.45, 7) is 12.0. The Kier molecular flexibility index (Phi) is 4.35. The van der Waals surface area contributed by atoms with Gasteiger partial charge in [0, 0.05) is 17.5 Å². The second-order valence-electron chi connectivity index (χ2n) is 7.01. The maximum Gasteiger partial charge on any atom is 0.0153 e. The third kappa shape index (κ3) is 3.20. The van der Waals surface area contributed by atoms with Gasteiger partial charge in [0.05, 0.1) is 0 Å². The van der Waals surface area contributed by atoms with Gasteiger partial charge in [-0.3, -0.25) is 4.90 Å². The monoisotopic (exact) mass is 259 g/mol. The molecule has 1 aliphatic heterocycles.